The Morgan fingerprint density at radius 2 is 2.12 bits per heavy atom. The van der Waals surface area contributed by atoms with Crippen LogP contribution in [0.3, 0.4) is 0 Å². The van der Waals surface area contributed by atoms with Crippen LogP contribution in [0.15, 0.2) is 0 Å². The van der Waals surface area contributed by atoms with Gasteiger partial charge >= 0.3 is 0 Å². The highest BCUT2D eigenvalue weighted by Crippen LogP contribution is 2.12. The summed E-state index contributed by atoms with van der Waals surface area (Å²) in [5.74, 6) is -0.982. The molecule has 7 nitrogen and oxygen atoms in total. The normalized spacial score (nSPS) is 10.3. The largest absolute Gasteiger partial charge is 0.368 e. The smallest absolute Gasteiger partial charge is 0.248 e. The minimum Gasteiger partial charge on any atom is -0.368 e. The van der Waals surface area contributed by atoms with E-state index < -0.39 is 5.91 Å². The summed E-state index contributed by atoms with van der Waals surface area (Å²) in [6.45, 7) is 3.38. The third-order valence-corrected chi connectivity index (χ3v) is 2.40. The zero-order chi connectivity index (χ0) is 13.0. The number of aryl methyl sites for hydroxylation is 2. The van der Waals surface area contributed by atoms with Crippen molar-refractivity contribution in [1.29, 1.82) is 0 Å². The molecule has 94 valence electrons. The Morgan fingerprint density at radius 1 is 1.47 bits per heavy atom. The Kier molecular flexibility index (Phi) is 4.22. The van der Waals surface area contributed by atoms with E-state index in [1.807, 2.05) is 20.9 Å². The number of primary amides is 1. The van der Waals surface area contributed by atoms with E-state index in [1.54, 1.807) is 4.68 Å². The van der Waals surface area contributed by atoms with Gasteiger partial charge in [0, 0.05) is 18.3 Å². The summed E-state index contributed by atoms with van der Waals surface area (Å²) in [4.78, 5) is 26.5. The highest BCUT2D eigenvalue weighted by molar-refractivity contribution is 5.79. The lowest BCUT2D eigenvalue weighted by molar-refractivity contribution is -0.137. The van der Waals surface area contributed by atoms with E-state index in [1.165, 1.54) is 0 Å². The molecule has 0 aliphatic rings. The molecule has 0 saturated carbocycles. The van der Waals surface area contributed by atoms with Gasteiger partial charge in [0.05, 0.1) is 12.1 Å². The first kappa shape index (κ1) is 13.2. The third-order valence-electron chi connectivity index (χ3n) is 2.40. The molecule has 0 fully saturated rings. The van der Waals surface area contributed by atoms with Crippen LogP contribution in [0.5, 0.6) is 0 Å². The SMILES string of the molecule is Cc1nn(C)c(C)c1CC(=O)NOCC(N)=O. The molecule has 0 aliphatic heterocycles. The number of nitrogens with one attached hydrogen (secondary N) is 1. The molecule has 0 unspecified atom stereocenters. The summed E-state index contributed by atoms with van der Waals surface area (Å²) in [5, 5.41) is 4.19. The number of hydrogen-bond donors (Lipinski definition) is 2. The lowest BCUT2D eigenvalue weighted by atomic mass is 10.1. The number of rotatable bonds is 5. The summed E-state index contributed by atoms with van der Waals surface area (Å²) in [6, 6.07) is 0. The second kappa shape index (κ2) is 5.44. The van der Waals surface area contributed by atoms with E-state index in [0.717, 1.165) is 17.0 Å². The molecule has 2 amide bonds. The Morgan fingerprint density at radius 3 is 2.59 bits per heavy atom. The second-order valence-corrected chi connectivity index (χ2v) is 3.73. The molecule has 0 radical (unpaired) electrons. The number of hydroxylamine groups is 1. The molecule has 17 heavy (non-hydrogen) atoms. The van der Waals surface area contributed by atoms with Gasteiger partial charge in [-0.15, -0.1) is 0 Å². The van der Waals surface area contributed by atoms with Gasteiger partial charge in [0.25, 0.3) is 0 Å². The van der Waals surface area contributed by atoms with Crippen LogP contribution in [0.2, 0.25) is 0 Å². The average molecular weight is 240 g/mol. The molecule has 1 aromatic heterocycles. The summed E-state index contributed by atoms with van der Waals surface area (Å²) in [7, 11) is 1.81. The van der Waals surface area contributed by atoms with Gasteiger partial charge < -0.3 is 5.73 Å². The summed E-state index contributed by atoms with van der Waals surface area (Å²) >= 11 is 0. The first-order valence-electron chi connectivity index (χ1n) is 5.09. The fourth-order valence-electron chi connectivity index (χ4n) is 1.46. The molecule has 1 heterocycles. The predicted octanol–water partition coefficient (Wildman–Crippen LogP) is -0.887. The molecule has 0 bridgehead atoms. The molecule has 1 aromatic rings. The lowest BCUT2D eigenvalue weighted by Crippen LogP contribution is -2.30. The van der Waals surface area contributed by atoms with Gasteiger partial charge in [-0.2, -0.15) is 5.10 Å². The molecular formula is C10H16N4O3. The fourth-order valence-corrected chi connectivity index (χ4v) is 1.46. The van der Waals surface area contributed by atoms with Gasteiger partial charge in [0.2, 0.25) is 11.8 Å². The van der Waals surface area contributed by atoms with Crippen LogP contribution in [0.4, 0.5) is 0 Å². The van der Waals surface area contributed by atoms with Gasteiger partial charge in [-0.05, 0) is 13.8 Å². The Bertz CT molecular complexity index is 439. The van der Waals surface area contributed by atoms with Gasteiger partial charge in [0.15, 0.2) is 6.61 Å². The Labute approximate surface area is 98.9 Å². The standard InChI is InChI=1S/C10H16N4O3/c1-6-8(7(2)14(3)12-6)4-10(16)13-17-5-9(11)15/h4-5H2,1-3H3,(H2,11,15)(H,13,16). The van der Waals surface area contributed by atoms with Crippen molar-refractivity contribution in [2.24, 2.45) is 12.8 Å². The summed E-state index contributed by atoms with van der Waals surface area (Å²) in [5.41, 5.74) is 9.58. The molecule has 3 N–H and O–H groups in total. The molecule has 0 atom stereocenters. The van der Waals surface area contributed by atoms with Gasteiger partial charge in [0.1, 0.15) is 0 Å². The number of nitrogens with zero attached hydrogens (tertiary/aromatic N) is 2. The van der Waals surface area contributed by atoms with Crippen molar-refractivity contribution in [3.8, 4) is 0 Å². The minimum atomic E-state index is -0.640. The Hall–Kier alpha value is -1.89. The van der Waals surface area contributed by atoms with Gasteiger partial charge in [-0.1, -0.05) is 0 Å². The Balaban J connectivity index is 2.53. The van der Waals surface area contributed by atoms with Crippen molar-refractivity contribution in [1.82, 2.24) is 15.3 Å². The number of carbonyl (C=O) groups excluding carboxylic acids is 2. The number of hydrogen-bond acceptors (Lipinski definition) is 4. The molecule has 7 heteroatoms. The molecule has 0 aromatic carbocycles. The molecule has 0 aliphatic carbocycles. The van der Waals surface area contributed by atoms with Crippen molar-refractivity contribution < 1.29 is 14.4 Å². The number of amides is 2. The van der Waals surface area contributed by atoms with Crippen LogP contribution in [0, 0.1) is 13.8 Å². The minimum absolute atomic E-state index is 0.157. The average Bonchev–Trinajstić information content (AvgIpc) is 2.44. The van der Waals surface area contributed by atoms with E-state index in [-0.39, 0.29) is 18.9 Å². The highest BCUT2D eigenvalue weighted by Gasteiger charge is 2.13. The van der Waals surface area contributed by atoms with Crippen LogP contribution in [0.1, 0.15) is 17.0 Å². The maximum atomic E-state index is 11.5. The lowest BCUT2D eigenvalue weighted by Gasteiger charge is -2.04. The number of carbonyl (C=O) groups is 2. The predicted molar refractivity (Wildman–Crippen MR) is 59.7 cm³/mol. The van der Waals surface area contributed by atoms with Crippen molar-refractivity contribution in [3.63, 3.8) is 0 Å². The number of aromatic nitrogens is 2. The van der Waals surface area contributed by atoms with E-state index in [9.17, 15) is 9.59 Å². The van der Waals surface area contributed by atoms with Crippen molar-refractivity contribution >= 4 is 11.8 Å². The van der Waals surface area contributed by atoms with Crippen LogP contribution in [-0.2, 0) is 27.9 Å². The highest BCUT2D eigenvalue weighted by atomic mass is 16.7. The van der Waals surface area contributed by atoms with Crippen LogP contribution in [-0.4, -0.2) is 28.2 Å². The number of nitrogens with two attached hydrogens (primary N) is 1. The zero-order valence-corrected chi connectivity index (χ0v) is 10.1. The van der Waals surface area contributed by atoms with Gasteiger partial charge in [-0.3, -0.25) is 19.1 Å². The van der Waals surface area contributed by atoms with E-state index in [4.69, 9.17) is 5.73 Å². The van der Waals surface area contributed by atoms with Crippen molar-refractivity contribution in [2.75, 3.05) is 6.61 Å². The van der Waals surface area contributed by atoms with Crippen LogP contribution in [0.25, 0.3) is 0 Å². The fraction of sp³-hybridized carbons (Fsp3) is 0.500. The van der Waals surface area contributed by atoms with E-state index >= 15 is 0 Å². The zero-order valence-electron chi connectivity index (χ0n) is 10.1. The van der Waals surface area contributed by atoms with Gasteiger partial charge in [-0.25, -0.2) is 5.48 Å². The maximum Gasteiger partial charge on any atom is 0.248 e. The third kappa shape index (κ3) is 3.56. The van der Waals surface area contributed by atoms with E-state index in [0.29, 0.717) is 0 Å². The second-order valence-electron chi connectivity index (χ2n) is 3.73. The topological polar surface area (TPSA) is 99.2 Å². The first-order valence-corrected chi connectivity index (χ1v) is 5.09. The molecule has 0 spiro atoms. The van der Waals surface area contributed by atoms with Crippen molar-refractivity contribution in [2.45, 2.75) is 20.3 Å². The molecule has 1 rings (SSSR count). The molecular weight excluding hydrogens is 224 g/mol. The van der Waals surface area contributed by atoms with E-state index in [2.05, 4.69) is 15.4 Å². The van der Waals surface area contributed by atoms with Crippen molar-refractivity contribution in [3.05, 3.63) is 17.0 Å². The maximum absolute atomic E-state index is 11.5. The molecule has 0 saturated heterocycles. The van der Waals surface area contributed by atoms with Crippen LogP contribution < -0.4 is 11.2 Å². The summed E-state index contributed by atoms with van der Waals surface area (Å²) < 4.78 is 1.71. The van der Waals surface area contributed by atoms with Crippen LogP contribution >= 0.6 is 0 Å². The summed E-state index contributed by atoms with van der Waals surface area (Å²) in [6.07, 6.45) is 0.157. The monoisotopic (exact) mass is 240 g/mol. The quantitative estimate of drug-likeness (QED) is 0.652. The first-order chi connectivity index (χ1) is 7.91.